The Kier molecular flexibility index (Phi) is 4.92. The largest absolute Gasteiger partial charge is 0.493 e. The zero-order valence-electron chi connectivity index (χ0n) is 13.2. The van der Waals surface area contributed by atoms with E-state index < -0.39 is 0 Å². The van der Waals surface area contributed by atoms with Gasteiger partial charge in [0.1, 0.15) is 17.1 Å². The maximum absolute atomic E-state index is 6.36. The minimum absolute atomic E-state index is 0.0509. The normalized spacial score (nSPS) is 20.1. The quantitative estimate of drug-likeness (QED) is 0.850. The lowest BCUT2D eigenvalue weighted by Gasteiger charge is -2.42. The van der Waals surface area contributed by atoms with Gasteiger partial charge in [0.2, 0.25) is 0 Å². The molecule has 0 bridgehead atoms. The van der Waals surface area contributed by atoms with Gasteiger partial charge in [-0.1, -0.05) is 26.8 Å². The number of hydrogen-bond acceptors (Lipinski definition) is 3. The second kappa shape index (κ2) is 6.49. The Morgan fingerprint density at radius 3 is 2.60 bits per heavy atom. The first-order valence-electron chi connectivity index (χ1n) is 7.87. The summed E-state index contributed by atoms with van der Waals surface area (Å²) in [5, 5.41) is 3.60. The lowest BCUT2D eigenvalue weighted by atomic mass is 9.83. The van der Waals surface area contributed by atoms with Crippen LogP contribution in [0, 0.1) is 0 Å². The smallest absolute Gasteiger partial charge is 0.128 e. The molecule has 0 spiro atoms. The number of rotatable bonds is 6. The van der Waals surface area contributed by atoms with E-state index in [2.05, 4.69) is 32.2 Å². The third-order valence-corrected chi connectivity index (χ3v) is 4.32. The Bertz CT molecular complexity index is 441. The van der Waals surface area contributed by atoms with Crippen LogP contribution in [-0.4, -0.2) is 18.8 Å². The summed E-state index contributed by atoms with van der Waals surface area (Å²) in [5.41, 5.74) is 1.14. The fraction of sp³-hybridized carbons (Fsp3) is 0.647. The molecule has 1 aliphatic heterocycles. The Morgan fingerprint density at radius 2 is 2.00 bits per heavy atom. The van der Waals surface area contributed by atoms with E-state index >= 15 is 0 Å². The SMILES string of the molecule is CCNC1CC(CC)(CC)Oc2cccc(OCC)c21. The number of benzene rings is 1. The van der Waals surface area contributed by atoms with Crippen LogP contribution in [0.15, 0.2) is 18.2 Å². The van der Waals surface area contributed by atoms with E-state index in [1.165, 1.54) is 5.56 Å². The third kappa shape index (κ3) is 2.78. The van der Waals surface area contributed by atoms with E-state index in [-0.39, 0.29) is 5.60 Å². The van der Waals surface area contributed by atoms with Crippen molar-refractivity contribution >= 4 is 0 Å². The molecule has 20 heavy (non-hydrogen) atoms. The lowest BCUT2D eigenvalue weighted by molar-refractivity contribution is 0.0220. The molecule has 3 nitrogen and oxygen atoms in total. The van der Waals surface area contributed by atoms with E-state index in [0.29, 0.717) is 12.6 Å². The van der Waals surface area contributed by atoms with Crippen molar-refractivity contribution in [3.8, 4) is 11.5 Å². The molecule has 1 aromatic rings. The van der Waals surface area contributed by atoms with Crippen LogP contribution < -0.4 is 14.8 Å². The van der Waals surface area contributed by atoms with Gasteiger partial charge in [-0.05, 0) is 38.4 Å². The molecular formula is C17H27NO2. The zero-order chi connectivity index (χ0) is 14.6. The maximum Gasteiger partial charge on any atom is 0.128 e. The van der Waals surface area contributed by atoms with Crippen LogP contribution in [-0.2, 0) is 0 Å². The van der Waals surface area contributed by atoms with Crippen molar-refractivity contribution in [2.24, 2.45) is 0 Å². The predicted octanol–water partition coefficient (Wildman–Crippen LogP) is 4.08. The van der Waals surface area contributed by atoms with Crippen molar-refractivity contribution in [1.29, 1.82) is 0 Å². The summed E-state index contributed by atoms with van der Waals surface area (Å²) in [7, 11) is 0. The number of hydrogen-bond donors (Lipinski definition) is 1. The van der Waals surface area contributed by atoms with Gasteiger partial charge in [0.15, 0.2) is 0 Å². The van der Waals surface area contributed by atoms with Gasteiger partial charge in [0.05, 0.1) is 12.2 Å². The molecule has 0 saturated carbocycles. The van der Waals surface area contributed by atoms with Crippen LogP contribution in [0.3, 0.4) is 0 Å². The standard InChI is InChI=1S/C17H27NO2/c1-5-17(6-2)12-13(18-7-3)16-14(19-8-4)10-9-11-15(16)20-17/h9-11,13,18H,5-8,12H2,1-4H3. The number of ether oxygens (including phenoxy) is 2. The van der Waals surface area contributed by atoms with E-state index in [4.69, 9.17) is 9.47 Å². The summed E-state index contributed by atoms with van der Waals surface area (Å²) in [6, 6.07) is 6.45. The Balaban J connectivity index is 2.43. The molecule has 1 heterocycles. The van der Waals surface area contributed by atoms with Crippen molar-refractivity contribution in [2.45, 2.75) is 58.6 Å². The molecule has 1 aromatic carbocycles. The van der Waals surface area contributed by atoms with Gasteiger partial charge in [-0.25, -0.2) is 0 Å². The second-order valence-corrected chi connectivity index (χ2v) is 5.41. The van der Waals surface area contributed by atoms with Crippen molar-refractivity contribution in [1.82, 2.24) is 5.32 Å². The molecule has 0 aliphatic carbocycles. The van der Waals surface area contributed by atoms with Gasteiger partial charge in [-0.2, -0.15) is 0 Å². The van der Waals surface area contributed by atoms with E-state index in [0.717, 1.165) is 37.3 Å². The summed E-state index contributed by atoms with van der Waals surface area (Å²) in [4.78, 5) is 0. The summed E-state index contributed by atoms with van der Waals surface area (Å²) in [6.45, 7) is 10.2. The Labute approximate surface area is 122 Å². The van der Waals surface area contributed by atoms with Crippen molar-refractivity contribution in [3.05, 3.63) is 23.8 Å². The highest BCUT2D eigenvalue weighted by molar-refractivity contribution is 5.49. The maximum atomic E-state index is 6.36. The molecule has 0 saturated heterocycles. The first kappa shape index (κ1) is 15.2. The van der Waals surface area contributed by atoms with Gasteiger partial charge < -0.3 is 14.8 Å². The van der Waals surface area contributed by atoms with Crippen molar-refractivity contribution < 1.29 is 9.47 Å². The second-order valence-electron chi connectivity index (χ2n) is 5.41. The molecule has 1 N–H and O–H groups in total. The summed E-state index contributed by atoms with van der Waals surface area (Å²) in [5.74, 6) is 1.94. The van der Waals surface area contributed by atoms with Crippen LogP contribution in [0.4, 0.5) is 0 Å². The van der Waals surface area contributed by atoms with Gasteiger partial charge >= 0.3 is 0 Å². The van der Waals surface area contributed by atoms with Gasteiger partial charge in [0.25, 0.3) is 0 Å². The molecule has 0 radical (unpaired) electrons. The topological polar surface area (TPSA) is 30.5 Å². The van der Waals surface area contributed by atoms with Gasteiger partial charge in [-0.15, -0.1) is 0 Å². The summed E-state index contributed by atoms with van der Waals surface area (Å²) >= 11 is 0. The van der Waals surface area contributed by atoms with Crippen LogP contribution in [0.2, 0.25) is 0 Å². The highest BCUT2D eigenvalue weighted by Crippen LogP contribution is 2.46. The first-order valence-corrected chi connectivity index (χ1v) is 7.87. The molecular weight excluding hydrogens is 250 g/mol. The molecule has 2 rings (SSSR count). The molecule has 1 aliphatic rings. The highest BCUT2D eigenvalue weighted by Gasteiger charge is 2.39. The van der Waals surface area contributed by atoms with Crippen molar-refractivity contribution in [3.63, 3.8) is 0 Å². The third-order valence-electron chi connectivity index (χ3n) is 4.32. The molecule has 112 valence electrons. The predicted molar refractivity (Wildman–Crippen MR) is 82.6 cm³/mol. The monoisotopic (exact) mass is 277 g/mol. The van der Waals surface area contributed by atoms with Crippen LogP contribution in [0.5, 0.6) is 11.5 Å². The van der Waals surface area contributed by atoms with Gasteiger partial charge in [-0.3, -0.25) is 0 Å². The Morgan fingerprint density at radius 1 is 1.25 bits per heavy atom. The average molecular weight is 277 g/mol. The highest BCUT2D eigenvalue weighted by atomic mass is 16.5. The minimum Gasteiger partial charge on any atom is -0.493 e. The molecule has 0 aromatic heterocycles. The molecule has 0 fully saturated rings. The van der Waals surface area contributed by atoms with E-state index in [9.17, 15) is 0 Å². The zero-order valence-corrected chi connectivity index (χ0v) is 13.2. The molecule has 0 amide bonds. The van der Waals surface area contributed by atoms with Crippen LogP contribution >= 0.6 is 0 Å². The minimum atomic E-state index is -0.0509. The number of fused-ring (bicyclic) bond motifs is 1. The van der Waals surface area contributed by atoms with Gasteiger partial charge in [0, 0.05) is 12.5 Å². The fourth-order valence-corrected chi connectivity index (χ4v) is 3.09. The molecule has 1 unspecified atom stereocenters. The average Bonchev–Trinajstić information content (AvgIpc) is 2.47. The van der Waals surface area contributed by atoms with E-state index in [1.54, 1.807) is 0 Å². The lowest BCUT2D eigenvalue weighted by Crippen LogP contribution is -2.43. The Hall–Kier alpha value is -1.22. The van der Waals surface area contributed by atoms with Crippen LogP contribution in [0.1, 0.15) is 58.6 Å². The summed E-state index contributed by atoms with van der Waals surface area (Å²) < 4.78 is 12.2. The molecule has 1 atom stereocenters. The first-order chi connectivity index (χ1) is 9.69. The summed E-state index contributed by atoms with van der Waals surface area (Å²) in [6.07, 6.45) is 3.07. The van der Waals surface area contributed by atoms with E-state index in [1.807, 2.05) is 19.1 Å². The number of nitrogens with one attached hydrogen (secondary N) is 1. The van der Waals surface area contributed by atoms with Crippen LogP contribution in [0.25, 0.3) is 0 Å². The fourth-order valence-electron chi connectivity index (χ4n) is 3.09. The van der Waals surface area contributed by atoms with Crippen molar-refractivity contribution in [2.75, 3.05) is 13.2 Å². The molecule has 3 heteroatoms.